The second kappa shape index (κ2) is 8.47. The first-order valence-electron chi connectivity index (χ1n) is 8.60. The molecule has 2 aromatic carbocycles. The molecule has 0 unspecified atom stereocenters. The van der Waals surface area contributed by atoms with Gasteiger partial charge < -0.3 is 20.3 Å². The Balaban J connectivity index is 1.55. The summed E-state index contributed by atoms with van der Waals surface area (Å²) in [5.41, 5.74) is 3.36. The van der Waals surface area contributed by atoms with Crippen LogP contribution >= 0.6 is 11.3 Å². The molecule has 3 N–H and O–H groups in total. The van der Waals surface area contributed by atoms with Crippen LogP contribution in [0.5, 0.6) is 0 Å². The summed E-state index contributed by atoms with van der Waals surface area (Å²) in [6.07, 6.45) is -3.37. The van der Waals surface area contributed by atoms with E-state index in [1.54, 1.807) is 24.3 Å². The predicted octanol–water partition coefficient (Wildman–Crippen LogP) is 2.49. The summed E-state index contributed by atoms with van der Waals surface area (Å²) in [5.74, 6) is -1.64. The topological polar surface area (TPSA) is 109 Å². The van der Waals surface area contributed by atoms with Crippen LogP contribution < -0.4 is 5.32 Å². The van der Waals surface area contributed by atoms with Crippen molar-refractivity contribution >= 4 is 39.1 Å². The molecule has 0 spiro atoms. The highest BCUT2D eigenvalue weighted by atomic mass is 32.1. The van der Waals surface area contributed by atoms with Crippen LogP contribution in [0.2, 0.25) is 0 Å². The summed E-state index contributed by atoms with van der Waals surface area (Å²) in [5, 5.41) is 23.1. The summed E-state index contributed by atoms with van der Waals surface area (Å²) >= 11 is 1.17. The number of fused-ring (bicyclic) bond motifs is 1. The Hall–Kier alpha value is -2.81. The molecule has 28 heavy (non-hydrogen) atoms. The molecule has 0 aliphatic rings. The number of aliphatic hydroxyl groups excluding tert-OH is 2. The minimum absolute atomic E-state index is 0.199. The van der Waals surface area contributed by atoms with E-state index < -0.39 is 30.7 Å². The van der Waals surface area contributed by atoms with E-state index in [1.807, 2.05) is 32.0 Å². The highest BCUT2D eigenvalue weighted by Gasteiger charge is 2.30. The number of aromatic nitrogens is 1. The first-order chi connectivity index (χ1) is 13.3. The maximum atomic E-state index is 12.0. The Labute approximate surface area is 165 Å². The second-order valence-electron chi connectivity index (χ2n) is 6.36. The summed E-state index contributed by atoms with van der Waals surface area (Å²) in [4.78, 5) is 28.1. The molecule has 3 aromatic rings. The van der Waals surface area contributed by atoms with Crippen molar-refractivity contribution in [2.45, 2.75) is 26.1 Å². The zero-order chi connectivity index (χ0) is 20.3. The normalized spacial score (nSPS) is 13.1. The molecule has 7 nitrogen and oxygen atoms in total. The van der Waals surface area contributed by atoms with Crippen LogP contribution in [-0.2, 0) is 14.3 Å². The number of carbonyl (C=O) groups is 2. The lowest BCUT2D eigenvalue weighted by Crippen LogP contribution is -2.32. The number of esters is 1. The molecule has 1 heterocycles. The molecule has 0 aliphatic heterocycles. The van der Waals surface area contributed by atoms with Gasteiger partial charge >= 0.3 is 5.97 Å². The standard InChI is InChI=1S/C20H20N2O5S/c1-11-7-8-13(9-12(11)2)21-16(23)10-27-20(26)18(25)17(24)19-22-14-5-3-4-6-15(14)28-19/h3-9,17-18,24-25H,10H2,1-2H3,(H,21,23)/t17-,18+/m0/s1. The van der Waals surface area contributed by atoms with Crippen molar-refractivity contribution in [1.82, 2.24) is 4.98 Å². The van der Waals surface area contributed by atoms with Crippen molar-refractivity contribution in [3.63, 3.8) is 0 Å². The molecule has 146 valence electrons. The zero-order valence-corrected chi connectivity index (χ0v) is 16.2. The third-order valence-electron chi connectivity index (χ3n) is 4.24. The van der Waals surface area contributed by atoms with Crippen molar-refractivity contribution in [2.24, 2.45) is 0 Å². The van der Waals surface area contributed by atoms with E-state index in [0.29, 0.717) is 11.2 Å². The van der Waals surface area contributed by atoms with E-state index >= 15 is 0 Å². The number of thiazole rings is 1. The number of nitrogens with one attached hydrogen (secondary N) is 1. The number of nitrogens with zero attached hydrogens (tertiary/aromatic N) is 1. The Morgan fingerprint density at radius 1 is 1.14 bits per heavy atom. The molecule has 1 aromatic heterocycles. The molecule has 3 rings (SSSR count). The number of hydrogen-bond acceptors (Lipinski definition) is 7. The molecule has 0 bridgehead atoms. The van der Waals surface area contributed by atoms with Gasteiger partial charge in [0.05, 0.1) is 10.2 Å². The molecule has 2 atom stereocenters. The molecular weight excluding hydrogens is 380 g/mol. The fourth-order valence-electron chi connectivity index (χ4n) is 2.52. The second-order valence-corrected chi connectivity index (χ2v) is 7.43. The molecular formula is C20H20N2O5S. The first kappa shape index (κ1) is 19.9. The predicted molar refractivity (Wildman–Crippen MR) is 106 cm³/mol. The monoisotopic (exact) mass is 400 g/mol. The lowest BCUT2D eigenvalue weighted by molar-refractivity contribution is -0.161. The maximum absolute atomic E-state index is 12.0. The Morgan fingerprint density at radius 2 is 1.89 bits per heavy atom. The minimum Gasteiger partial charge on any atom is -0.454 e. The van der Waals surface area contributed by atoms with Crippen LogP contribution in [0.1, 0.15) is 22.2 Å². The van der Waals surface area contributed by atoms with Gasteiger partial charge in [-0.05, 0) is 49.2 Å². The van der Waals surface area contributed by atoms with Crippen molar-refractivity contribution in [2.75, 3.05) is 11.9 Å². The number of anilines is 1. The minimum atomic E-state index is -1.84. The van der Waals surface area contributed by atoms with Crippen molar-refractivity contribution in [1.29, 1.82) is 0 Å². The number of hydrogen-bond donors (Lipinski definition) is 3. The number of aryl methyl sites for hydroxylation is 2. The zero-order valence-electron chi connectivity index (χ0n) is 15.4. The molecule has 0 aliphatic carbocycles. The van der Waals surface area contributed by atoms with E-state index in [4.69, 9.17) is 4.74 Å². The first-order valence-corrected chi connectivity index (χ1v) is 9.42. The fourth-order valence-corrected chi connectivity index (χ4v) is 3.50. The number of ether oxygens (including phenoxy) is 1. The van der Waals surface area contributed by atoms with Crippen molar-refractivity contribution in [3.05, 3.63) is 58.6 Å². The summed E-state index contributed by atoms with van der Waals surface area (Å²) < 4.78 is 5.65. The highest BCUT2D eigenvalue weighted by molar-refractivity contribution is 7.18. The third kappa shape index (κ3) is 4.53. The van der Waals surface area contributed by atoms with Gasteiger partial charge in [-0.2, -0.15) is 0 Å². The Kier molecular flexibility index (Phi) is 6.03. The molecule has 0 fully saturated rings. The van der Waals surface area contributed by atoms with Gasteiger partial charge in [0.25, 0.3) is 5.91 Å². The quantitative estimate of drug-likeness (QED) is 0.549. The number of aliphatic hydroxyl groups is 2. The van der Waals surface area contributed by atoms with Crippen LogP contribution in [0.4, 0.5) is 5.69 Å². The van der Waals surface area contributed by atoms with Gasteiger partial charge in [-0.15, -0.1) is 11.3 Å². The average Bonchev–Trinajstić information content (AvgIpc) is 3.12. The molecule has 0 saturated heterocycles. The smallest absolute Gasteiger partial charge is 0.338 e. The third-order valence-corrected chi connectivity index (χ3v) is 5.35. The number of benzene rings is 2. The van der Waals surface area contributed by atoms with Crippen LogP contribution in [0.15, 0.2) is 42.5 Å². The molecule has 8 heteroatoms. The van der Waals surface area contributed by atoms with Gasteiger partial charge in [-0.1, -0.05) is 18.2 Å². The van der Waals surface area contributed by atoms with Gasteiger partial charge in [-0.25, -0.2) is 9.78 Å². The van der Waals surface area contributed by atoms with Gasteiger partial charge in [0.15, 0.2) is 12.7 Å². The van der Waals surface area contributed by atoms with E-state index in [-0.39, 0.29) is 5.01 Å². The average molecular weight is 400 g/mol. The summed E-state index contributed by atoms with van der Waals surface area (Å²) in [7, 11) is 0. The van der Waals surface area contributed by atoms with E-state index in [0.717, 1.165) is 15.8 Å². The van der Waals surface area contributed by atoms with Crippen LogP contribution in [0, 0.1) is 13.8 Å². The van der Waals surface area contributed by atoms with Gasteiger partial charge in [-0.3, -0.25) is 4.79 Å². The summed E-state index contributed by atoms with van der Waals surface area (Å²) in [6.45, 7) is 3.31. The fraction of sp³-hybridized carbons (Fsp3) is 0.250. The number of amides is 1. The molecule has 0 saturated carbocycles. The summed E-state index contributed by atoms with van der Waals surface area (Å²) in [6, 6.07) is 12.6. The number of carbonyl (C=O) groups excluding carboxylic acids is 2. The number of rotatable bonds is 6. The largest absolute Gasteiger partial charge is 0.454 e. The lowest BCUT2D eigenvalue weighted by Gasteiger charge is -2.14. The lowest BCUT2D eigenvalue weighted by atomic mass is 10.1. The van der Waals surface area contributed by atoms with Crippen molar-refractivity contribution in [3.8, 4) is 0 Å². The molecule has 1 amide bonds. The van der Waals surface area contributed by atoms with Crippen molar-refractivity contribution < 1.29 is 24.5 Å². The van der Waals surface area contributed by atoms with Crippen LogP contribution in [-0.4, -0.2) is 39.8 Å². The Morgan fingerprint density at radius 3 is 2.61 bits per heavy atom. The maximum Gasteiger partial charge on any atom is 0.338 e. The van der Waals surface area contributed by atoms with Gasteiger partial charge in [0.2, 0.25) is 0 Å². The van der Waals surface area contributed by atoms with Crippen LogP contribution in [0.3, 0.4) is 0 Å². The SMILES string of the molecule is Cc1ccc(NC(=O)COC(=O)[C@H](O)[C@H](O)c2nc3ccccc3s2)cc1C. The van der Waals surface area contributed by atoms with Gasteiger partial charge in [0.1, 0.15) is 11.1 Å². The van der Waals surface area contributed by atoms with E-state index in [2.05, 4.69) is 10.3 Å². The van der Waals surface area contributed by atoms with E-state index in [9.17, 15) is 19.8 Å². The Bertz CT molecular complexity index is 984. The highest BCUT2D eigenvalue weighted by Crippen LogP contribution is 2.28. The molecule has 0 radical (unpaired) electrons. The van der Waals surface area contributed by atoms with E-state index in [1.165, 1.54) is 11.3 Å². The van der Waals surface area contributed by atoms with Gasteiger partial charge in [0, 0.05) is 5.69 Å². The number of para-hydroxylation sites is 1. The van der Waals surface area contributed by atoms with Crippen LogP contribution in [0.25, 0.3) is 10.2 Å².